The average Bonchev–Trinajstić information content (AvgIpc) is 2.82. The highest BCUT2D eigenvalue weighted by Crippen LogP contribution is 2.51. The van der Waals surface area contributed by atoms with Crippen LogP contribution in [0.2, 0.25) is 0 Å². The van der Waals surface area contributed by atoms with Crippen LogP contribution in [0.15, 0.2) is 28.0 Å². The summed E-state index contributed by atoms with van der Waals surface area (Å²) in [6.45, 7) is 16.1. The highest BCUT2D eigenvalue weighted by atomic mass is 32.2. The second kappa shape index (κ2) is 8.71. The Kier molecular flexibility index (Phi) is 6.04. The van der Waals surface area contributed by atoms with Crippen LogP contribution in [-0.2, 0) is 4.74 Å². The second-order valence-corrected chi connectivity index (χ2v) is 11.2. The van der Waals surface area contributed by atoms with Gasteiger partial charge in [-0.2, -0.15) is 0 Å². The summed E-state index contributed by atoms with van der Waals surface area (Å²) in [4.78, 5) is 7.67. The van der Waals surface area contributed by atoms with Crippen molar-refractivity contribution in [2.75, 3.05) is 50.1 Å². The van der Waals surface area contributed by atoms with Crippen molar-refractivity contribution in [1.82, 2.24) is 4.90 Å². The third-order valence-corrected chi connectivity index (χ3v) is 9.15. The first-order valence-corrected chi connectivity index (χ1v) is 13.0. The van der Waals surface area contributed by atoms with Crippen LogP contribution in [-0.4, -0.2) is 56.4 Å². The lowest BCUT2D eigenvalue weighted by Crippen LogP contribution is -2.57. The van der Waals surface area contributed by atoms with Gasteiger partial charge in [0.2, 0.25) is 0 Å². The van der Waals surface area contributed by atoms with Gasteiger partial charge in [0, 0.05) is 53.3 Å². The summed E-state index contributed by atoms with van der Waals surface area (Å²) in [5.74, 6) is 1.00. The molecule has 0 saturated carbocycles. The molecule has 3 heterocycles. The van der Waals surface area contributed by atoms with Gasteiger partial charge in [0.15, 0.2) is 0 Å². The predicted octanol–water partition coefficient (Wildman–Crippen LogP) is 5.91. The number of nitrogens with one attached hydrogen (secondary N) is 1. The van der Waals surface area contributed by atoms with Gasteiger partial charge in [-0.1, -0.05) is 11.8 Å². The van der Waals surface area contributed by atoms with E-state index in [2.05, 4.69) is 67.9 Å². The molecule has 33 heavy (non-hydrogen) atoms. The Morgan fingerprint density at radius 2 is 1.82 bits per heavy atom. The van der Waals surface area contributed by atoms with E-state index in [9.17, 15) is 0 Å². The smallest absolute Gasteiger partial charge is 0.126 e. The Morgan fingerprint density at radius 3 is 2.52 bits per heavy atom. The summed E-state index contributed by atoms with van der Waals surface area (Å²) in [5, 5.41) is 3.72. The van der Waals surface area contributed by atoms with Crippen molar-refractivity contribution in [3.05, 3.63) is 34.9 Å². The van der Waals surface area contributed by atoms with Gasteiger partial charge in [0.25, 0.3) is 0 Å². The number of hydrogen-bond acceptors (Lipinski definition) is 6. The zero-order valence-corrected chi connectivity index (χ0v) is 21.7. The molecule has 2 fully saturated rings. The van der Waals surface area contributed by atoms with Crippen LogP contribution in [0.1, 0.15) is 43.4 Å². The van der Waals surface area contributed by atoms with Crippen molar-refractivity contribution < 1.29 is 9.47 Å². The lowest BCUT2D eigenvalue weighted by Gasteiger charge is -2.48. The monoisotopic (exact) mass is 467 g/mol. The lowest BCUT2D eigenvalue weighted by atomic mass is 9.88. The number of benzene rings is 2. The fraction of sp³-hybridized carbons (Fsp3) is 0.556. The van der Waals surface area contributed by atoms with Crippen LogP contribution >= 0.6 is 11.8 Å². The molecule has 0 aromatic heterocycles. The standard InChI is InChI=1S/C27H37N3O2S/c1-17(2)29-11-9-27(10-12-29)16-30(13-14-32-27)21-7-8-22-23(15-21)33-26-20(5)25(31-6)19(4)18(3)24(26)28-22/h7-8,15,17,28H,9-14,16H2,1-6H3. The van der Waals surface area contributed by atoms with Crippen LogP contribution in [0.25, 0.3) is 0 Å². The first-order chi connectivity index (χ1) is 15.8. The fourth-order valence-corrected chi connectivity index (χ4v) is 6.82. The number of rotatable bonds is 3. The molecule has 1 N–H and O–H groups in total. The Balaban J connectivity index is 1.39. The highest BCUT2D eigenvalue weighted by Gasteiger charge is 2.40. The Bertz CT molecular complexity index is 1060. The zero-order chi connectivity index (χ0) is 23.3. The van der Waals surface area contributed by atoms with Crippen LogP contribution in [0, 0.1) is 20.8 Å². The quantitative estimate of drug-likeness (QED) is 0.516. The molecule has 1 spiro atoms. The van der Waals surface area contributed by atoms with Crippen molar-refractivity contribution in [1.29, 1.82) is 0 Å². The molecule has 5 nitrogen and oxygen atoms in total. The Morgan fingerprint density at radius 1 is 1.06 bits per heavy atom. The van der Waals surface area contributed by atoms with E-state index in [4.69, 9.17) is 9.47 Å². The second-order valence-electron chi connectivity index (χ2n) is 10.1. The first-order valence-electron chi connectivity index (χ1n) is 12.2. The fourth-order valence-electron chi connectivity index (χ4n) is 5.64. The van der Waals surface area contributed by atoms with E-state index in [1.54, 1.807) is 7.11 Å². The molecular formula is C27H37N3O2S. The highest BCUT2D eigenvalue weighted by molar-refractivity contribution is 7.99. The van der Waals surface area contributed by atoms with Gasteiger partial charge >= 0.3 is 0 Å². The normalized spacial score (nSPS) is 19.9. The van der Waals surface area contributed by atoms with Crippen LogP contribution in [0.5, 0.6) is 5.75 Å². The number of fused-ring (bicyclic) bond motifs is 2. The molecule has 0 unspecified atom stereocenters. The third-order valence-electron chi connectivity index (χ3n) is 7.88. The van der Waals surface area contributed by atoms with E-state index in [0.717, 1.165) is 51.4 Å². The van der Waals surface area contributed by atoms with Gasteiger partial charge < -0.3 is 24.6 Å². The molecule has 6 heteroatoms. The zero-order valence-electron chi connectivity index (χ0n) is 20.9. The van der Waals surface area contributed by atoms with Gasteiger partial charge in [0.05, 0.1) is 30.7 Å². The summed E-state index contributed by atoms with van der Waals surface area (Å²) in [7, 11) is 1.77. The number of hydrogen-bond donors (Lipinski definition) is 1. The molecule has 0 bridgehead atoms. The summed E-state index contributed by atoms with van der Waals surface area (Å²) in [6.07, 6.45) is 2.24. The van der Waals surface area contributed by atoms with E-state index >= 15 is 0 Å². The number of anilines is 3. The lowest BCUT2D eigenvalue weighted by molar-refractivity contribution is -0.0943. The molecule has 3 aliphatic rings. The predicted molar refractivity (Wildman–Crippen MR) is 138 cm³/mol. The SMILES string of the molecule is COc1c(C)c(C)c2c(c1C)Sc1cc(N3CCOC4(CCN(C(C)C)CC4)C3)ccc1N2. The summed E-state index contributed by atoms with van der Waals surface area (Å²) in [6, 6.07) is 7.50. The Hall–Kier alpha value is -1.89. The number of methoxy groups -OCH3 is 1. The van der Waals surface area contributed by atoms with Crippen LogP contribution in [0.4, 0.5) is 17.1 Å². The van der Waals surface area contributed by atoms with Gasteiger partial charge in [-0.25, -0.2) is 0 Å². The summed E-state index contributed by atoms with van der Waals surface area (Å²) < 4.78 is 12.2. The summed E-state index contributed by atoms with van der Waals surface area (Å²) in [5.41, 5.74) is 7.40. The first kappa shape index (κ1) is 22.9. The maximum atomic E-state index is 6.41. The molecule has 0 atom stereocenters. The van der Waals surface area contributed by atoms with Crippen LogP contribution < -0.4 is 15.0 Å². The average molecular weight is 468 g/mol. The van der Waals surface area contributed by atoms with Crippen molar-refractivity contribution in [2.45, 2.75) is 68.9 Å². The van der Waals surface area contributed by atoms with Crippen molar-refractivity contribution >= 4 is 28.8 Å². The minimum atomic E-state index is -0.00384. The minimum Gasteiger partial charge on any atom is -0.496 e. The molecule has 178 valence electrons. The van der Waals surface area contributed by atoms with Gasteiger partial charge in [-0.15, -0.1) is 0 Å². The Labute approximate surface area is 202 Å². The molecule has 2 saturated heterocycles. The molecule has 2 aromatic rings. The van der Waals surface area contributed by atoms with E-state index in [1.165, 1.54) is 43.5 Å². The molecule has 0 aliphatic carbocycles. The molecule has 3 aliphatic heterocycles. The maximum absolute atomic E-state index is 6.41. The van der Waals surface area contributed by atoms with Gasteiger partial charge in [0.1, 0.15) is 5.75 Å². The third kappa shape index (κ3) is 4.00. The molecular weight excluding hydrogens is 430 g/mol. The van der Waals surface area contributed by atoms with Crippen molar-refractivity contribution in [3.63, 3.8) is 0 Å². The van der Waals surface area contributed by atoms with Gasteiger partial charge in [-0.3, -0.25) is 0 Å². The van der Waals surface area contributed by atoms with E-state index in [1.807, 2.05) is 11.8 Å². The van der Waals surface area contributed by atoms with Crippen molar-refractivity contribution in [2.24, 2.45) is 0 Å². The molecule has 2 aromatic carbocycles. The molecule has 0 radical (unpaired) electrons. The maximum Gasteiger partial charge on any atom is 0.126 e. The van der Waals surface area contributed by atoms with Gasteiger partial charge in [-0.05, 0) is 76.8 Å². The number of nitrogens with zero attached hydrogens (tertiary/aromatic N) is 2. The number of piperidine rings is 1. The van der Waals surface area contributed by atoms with Crippen LogP contribution in [0.3, 0.4) is 0 Å². The molecule has 0 amide bonds. The number of morpholine rings is 1. The number of likely N-dealkylation sites (tertiary alicyclic amines) is 1. The molecule has 5 rings (SSSR count). The van der Waals surface area contributed by atoms with Crippen molar-refractivity contribution in [3.8, 4) is 5.75 Å². The topological polar surface area (TPSA) is 37.0 Å². The van der Waals surface area contributed by atoms with E-state index in [-0.39, 0.29) is 5.60 Å². The summed E-state index contributed by atoms with van der Waals surface area (Å²) >= 11 is 1.86. The van der Waals surface area contributed by atoms with E-state index < -0.39 is 0 Å². The minimum absolute atomic E-state index is 0.00384. The largest absolute Gasteiger partial charge is 0.496 e. The van der Waals surface area contributed by atoms with E-state index in [0.29, 0.717) is 6.04 Å². The number of ether oxygens (including phenoxy) is 2.